The van der Waals surface area contributed by atoms with Gasteiger partial charge in [-0.2, -0.15) is 5.26 Å². The molecule has 1 aromatic carbocycles. The van der Waals surface area contributed by atoms with Crippen LogP contribution >= 0.6 is 35.3 Å². The van der Waals surface area contributed by atoms with Crippen LogP contribution in [0.15, 0.2) is 45.9 Å². The summed E-state index contributed by atoms with van der Waals surface area (Å²) in [6.45, 7) is 1.54. The Hall–Kier alpha value is -1.95. The van der Waals surface area contributed by atoms with E-state index in [1.165, 1.54) is 30.0 Å². The molecule has 0 radical (unpaired) electrons. The third kappa shape index (κ3) is 3.82. The van der Waals surface area contributed by atoms with E-state index in [2.05, 4.69) is 5.10 Å². The zero-order valence-electron chi connectivity index (χ0n) is 11.6. The lowest BCUT2D eigenvalue weighted by Gasteiger charge is -2.00. The van der Waals surface area contributed by atoms with Gasteiger partial charge in [0.2, 0.25) is 0 Å². The molecule has 0 saturated carbocycles. The van der Waals surface area contributed by atoms with E-state index >= 15 is 0 Å². The summed E-state index contributed by atoms with van der Waals surface area (Å²) in [5, 5.41) is 13.3. The van der Waals surface area contributed by atoms with Crippen molar-refractivity contribution in [2.75, 3.05) is 5.75 Å². The average Bonchev–Trinajstić information content (AvgIpc) is 2.87. The number of para-hydroxylation sites is 1. The first kappa shape index (κ1) is 16.4. The maximum Gasteiger partial charge on any atom is 0.185 e. The molecule has 0 aliphatic heterocycles. The Bertz CT molecular complexity index is 811. The lowest BCUT2D eigenvalue weighted by molar-refractivity contribution is -0.112. The lowest BCUT2D eigenvalue weighted by atomic mass is 10.2. The van der Waals surface area contributed by atoms with Crippen LogP contribution in [0.3, 0.4) is 0 Å². The van der Waals surface area contributed by atoms with Crippen molar-refractivity contribution in [1.29, 1.82) is 5.26 Å². The molecule has 2 N–H and O–H groups in total. The summed E-state index contributed by atoms with van der Waals surface area (Å²) in [6.07, 6.45) is 0. The Morgan fingerprint density at radius 2 is 2.18 bits per heavy atom. The molecule has 0 amide bonds. The number of carbonyl (C=O) groups excluding carboxylic acids is 1. The van der Waals surface area contributed by atoms with Crippen LogP contribution in [0.5, 0.6) is 0 Å². The van der Waals surface area contributed by atoms with Crippen LogP contribution in [0, 0.1) is 15.3 Å². The highest BCUT2D eigenvalue weighted by atomic mass is 32.2. The van der Waals surface area contributed by atoms with Gasteiger partial charge in [-0.25, -0.2) is 4.68 Å². The topological polar surface area (TPSA) is 84.7 Å². The molecule has 0 unspecified atom stereocenters. The molecular weight excluding hydrogens is 336 g/mol. The van der Waals surface area contributed by atoms with E-state index in [0.29, 0.717) is 8.29 Å². The maximum absolute atomic E-state index is 11.9. The third-order valence-corrected chi connectivity index (χ3v) is 5.01. The van der Waals surface area contributed by atoms with E-state index in [4.69, 9.17) is 23.2 Å². The molecule has 0 aliphatic rings. The summed E-state index contributed by atoms with van der Waals surface area (Å²) < 4.78 is 2.93. The molecule has 0 bridgehead atoms. The molecule has 0 saturated heterocycles. The highest BCUT2D eigenvalue weighted by Gasteiger charge is 2.14. The van der Waals surface area contributed by atoms with E-state index in [1.807, 2.05) is 36.4 Å². The van der Waals surface area contributed by atoms with Gasteiger partial charge < -0.3 is 5.73 Å². The highest BCUT2D eigenvalue weighted by Crippen LogP contribution is 2.24. The first-order valence-electron chi connectivity index (χ1n) is 6.21. The third-order valence-electron chi connectivity index (χ3n) is 2.64. The second-order valence-corrected chi connectivity index (χ2v) is 7.11. The van der Waals surface area contributed by atoms with Gasteiger partial charge in [-0.3, -0.25) is 4.79 Å². The average molecular weight is 348 g/mol. The van der Waals surface area contributed by atoms with E-state index < -0.39 is 0 Å². The van der Waals surface area contributed by atoms with Crippen molar-refractivity contribution in [2.24, 2.45) is 5.73 Å². The number of nitriles is 1. The zero-order chi connectivity index (χ0) is 16.1. The number of ketones is 1. The smallest absolute Gasteiger partial charge is 0.185 e. The molecule has 5 nitrogen and oxygen atoms in total. The number of nitrogens with zero attached hydrogens (tertiary/aromatic N) is 3. The van der Waals surface area contributed by atoms with Crippen molar-refractivity contribution in [2.45, 2.75) is 11.3 Å². The van der Waals surface area contributed by atoms with Crippen molar-refractivity contribution in [1.82, 2.24) is 9.78 Å². The molecular formula is C14H12N4OS3. The van der Waals surface area contributed by atoms with Crippen LogP contribution in [-0.2, 0) is 4.79 Å². The second kappa shape index (κ2) is 7.35. The zero-order valence-corrected chi connectivity index (χ0v) is 14.1. The molecule has 0 spiro atoms. The van der Waals surface area contributed by atoms with Gasteiger partial charge >= 0.3 is 0 Å². The fourth-order valence-corrected chi connectivity index (χ4v) is 3.85. The van der Waals surface area contributed by atoms with Crippen molar-refractivity contribution >= 4 is 41.1 Å². The van der Waals surface area contributed by atoms with Gasteiger partial charge in [-0.15, -0.1) is 5.10 Å². The van der Waals surface area contributed by atoms with Gasteiger partial charge in [0.05, 0.1) is 11.4 Å². The molecule has 0 fully saturated rings. The quantitative estimate of drug-likeness (QED) is 0.387. The molecule has 112 valence electrons. The number of benzene rings is 1. The van der Waals surface area contributed by atoms with Crippen LogP contribution in [0.25, 0.3) is 5.69 Å². The number of allylic oxidation sites excluding steroid dienone is 2. The minimum Gasteiger partial charge on any atom is -0.401 e. The number of carbonyl (C=O) groups is 1. The normalized spacial score (nSPS) is 11.6. The van der Waals surface area contributed by atoms with E-state index in [9.17, 15) is 4.79 Å². The number of hydrogen-bond donors (Lipinski definition) is 1. The Morgan fingerprint density at radius 3 is 2.77 bits per heavy atom. The summed E-state index contributed by atoms with van der Waals surface area (Å²) in [5.74, 6) is -0.200. The predicted octanol–water partition coefficient (Wildman–Crippen LogP) is 3.08. The van der Waals surface area contributed by atoms with Gasteiger partial charge in [0, 0.05) is 5.70 Å². The SMILES string of the molecule is C/C(N)=C(\C#N)C(=O)CSc1nn(-c2ccccc2)c(=S)s1. The van der Waals surface area contributed by atoms with Gasteiger partial charge in [0.1, 0.15) is 11.6 Å². The number of Topliss-reactive ketones (excluding diaryl/α,β-unsaturated/α-hetero) is 1. The van der Waals surface area contributed by atoms with Crippen molar-refractivity contribution in [3.63, 3.8) is 0 Å². The fourth-order valence-electron chi connectivity index (χ4n) is 1.62. The second-order valence-electron chi connectivity index (χ2n) is 4.26. The maximum atomic E-state index is 11.9. The predicted molar refractivity (Wildman–Crippen MR) is 90.5 cm³/mol. The molecule has 0 aliphatic carbocycles. The highest BCUT2D eigenvalue weighted by molar-refractivity contribution is 8.01. The monoisotopic (exact) mass is 348 g/mol. The Labute approximate surface area is 141 Å². The Balaban J connectivity index is 2.14. The number of nitrogens with two attached hydrogens (primary N) is 1. The van der Waals surface area contributed by atoms with Gasteiger partial charge in [-0.1, -0.05) is 41.3 Å². The van der Waals surface area contributed by atoms with Crippen LogP contribution in [0.4, 0.5) is 0 Å². The van der Waals surface area contributed by atoms with Crippen molar-refractivity contribution in [3.8, 4) is 11.8 Å². The van der Waals surface area contributed by atoms with Crippen LogP contribution in [0.1, 0.15) is 6.92 Å². The molecule has 8 heteroatoms. The molecule has 0 atom stereocenters. The summed E-state index contributed by atoms with van der Waals surface area (Å²) in [4.78, 5) is 11.9. The van der Waals surface area contributed by atoms with E-state index in [0.717, 1.165) is 5.69 Å². The summed E-state index contributed by atoms with van der Waals surface area (Å²) in [7, 11) is 0. The molecule has 22 heavy (non-hydrogen) atoms. The van der Waals surface area contributed by atoms with Crippen molar-refractivity contribution < 1.29 is 4.79 Å². The minimum atomic E-state index is -0.306. The van der Waals surface area contributed by atoms with Crippen LogP contribution in [-0.4, -0.2) is 21.3 Å². The number of thioether (sulfide) groups is 1. The number of rotatable bonds is 5. The molecule has 1 heterocycles. The van der Waals surface area contributed by atoms with Gasteiger partial charge in [0.15, 0.2) is 14.1 Å². The van der Waals surface area contributed by atoms with E-state index in [1.54, 1.807) is 4.68 Å². The minimum absolute atomic E-state index is 0.00131. The van der Waals surface area contributed by atoms with Gasteiger partial charge in [0.25, 0.3) is 0 Å². The van der Waals surface area contributed by atoms with Crippen LogP contribution < -0.4 is 5.73 Å². The first-order valence-corrected chi connectivity index (χ1v) is 8.42. The fraction of sp³-hybridized carbons (Fsp3) is 0.143. The largest absolute Gasteiger partial charge is 0.401 e. The van der Waals surface area contributed by atoms with Gasteiger partial charge in [-0.05, 0) is 31.3 Å². The lowest BCUT2D eigenvalue weighted by Crippen LogP contribution is -2.10. The summed E-state index contributed by atoms with van der Waals surface area (Å²) >= 11 is 7.86. The number of aromatic nitrogens is 2. The summed E-state index contributed by atoms with van der Waals surface area (Å²) in [6, 6.07) is 11.4. The Kier molecular flexibility index (Phi) is 5.49. The Morgan fingerprint density at radius 1 is 1.50 bits per heavy atom. The first-order chi connectivity index (χ1) is 10.5. The number of hydrogen-bond acceptors (Lipinski definition) is 7. The standard InChI is InChI=1S/C14H12N4OS3/c1-9(16)11(7-15)12(19)8-21-13-17-18(14(20)22-13)10-5-3-2-4-6-10/h2-6H,8,16H2,1H3/b11-9-. The molecule has 2 rings (SSSR count). The molecule has 2 aromatic rings. The van der Waals surface area contributed by atoms with E-state index in [-0.39, 0.29) is 22.8 Å². The summed E-state index contributed by atoms with van der Waals surface area (Å²) in [5.41, 5.74) is 6.62. The van der Waals surface area contributed by atoms with Crippen LogP contribution in [0.2, 0.25) is 0 Å². The van der Waals surface area contributed by atoms with Crippen molar-refractivity contribution in [3.05, 3.63) is 45.6 Å². The molecule has 1 aromatic heterocycles.